The number of amides is 1. The summed E-state index contributed by atoms with van der Waals surface area (Å²) in [5.74, 6) is 1.67. The zero-order valence-corrected chi connectivity index (χ0v) is 16.6. The molecule has 1 atom stereocenters. The summed E-state index contributed by atoms with van der Waals surface area (Å²) in [7, 11) is 1.70. The fourth-order valence-electron chi connectivity index (χ4n) is 3.68. The average Bonchev–Trinajstić information content (AvgIpc) is 2.76. The third kappa shape index (κ3) is 5.73. The maximum atomic E-state index is 12.4. The fourth-order valence-corrected chi connectivity index (χ4v) is 3.68. The van der Waals surface area contributed by atoms with Crippen molar-refractivity contribution in [3.05, 3.63) is 60.2 Å². The van der Waals surface area contributed by atoms with Crippen molar-refractivity contribution in [1.29, 1.82) is 0 Å². The largest absolute Gasteiger partial charge is 0.496 e. The lowest BCUT2D eigenvalue weighted by Crippen LogP contribution is -2.41. The second kappa shape index (κ2) is 10.7. The third-order valence-electron chi connectivity index (χ3n) is 5.16. The Morgan fingerprint density at radius 3 is 2.50 bits per heavy atom. The van der Waals surface area contributed by atoms with E-state index >= 15 is 0 Å². The number of rotatable bonds is 9. The van der Waals surface area contributed by atoms with Crippen LogP contribution in [0.25, 0.3) is 0 Å². The van der Waals surface area contributed by atoms with Gasteiger partial charge >= 0.3 is 0 Å². The van der Waals surface area contributed by atoms with Crippen LogP contribution in [0.5, 0.6) is 11.5 Å². The molecule has 150 valence electrons. The summed E-state index contributed by atoms with van der Waals surface area (Å²) in [6.07, 6.45) is 4.01. The first-order chi connectivity index (χ1) is 13.8. The van der Waals surface area contributed by atoms with Crippen molar-refractivity contribution in [3.8, 4) is 11.5 Å². The molecule has 1 N–H and O–H groups in total. The van der Waals surface area contributed by atoms with Crippen molar-refractivity contribution < 1.29 is 14.3 Å². The lowest BCUT2D eigenvalue weighted by Gasteiger charge is -2.35. The molecule has 1 aliphatic heterocycles. The van der Waals surface area contributed by atoms with Crippen molar-refractivity contribution in [3.63, 3.8) is 0 Å². The first kappa shape index (κ1) is 20.2. The number of likely N-dealkylation sites (tertiary alicyclic amines) is 1. The van der Waals surface area contributed by atoms with Gasteiger partial charge < -0.3 is 14.8 Å². The van der Waals surface area contributed by atoms with Crippen molar-refractivity contribution >= 4 is 5.91 Å². The summed E-state index contributed by atoms with van der Waals surface area (Å²) in [6, 6.07) is 17.8. The molecule has 1 unspecified atom stereocenters. The van der Waals surface area contributed by atoms with Crippen LogP contribution in [0.15, 0.2) is 54.6 Å². The molecule has 0 saturated carbocycles. The minimum atomic E-state index is 0.00726. The van der Waals surface area contributed by atoms with Crippen LogP contribution in [-0.2, 0) is 4.79 Å². The van der Waals surface area contributed by atoms with E-state index in [0.29, 0.717) is 19.6 Å². The number of ether oxygens (including phenoxy) is 2. The Morgan fingerprint density at radius 2 is 1.75 bits per heavy atom. The highest BCUT2D eigenvalue weighted by Crippen LogP contribution is 2.30. The van der Waals surface area contributed by atoms with Gasteiger partial charge in [0.05, 0.1) is 26.2 Å². The molecule has 0 spiro atoms. The lowest BCUT2D eigenvalue weighted by molar-refractivity contribution is -0.121. The van der Waals surface area contributed by atoms with Gasteiger partial charge in [0.15, 0.2) is 0 Å². The first-order valence-electron chi connectivity index (χ1n) is 10.1. The smallest absolute Gasteiger partial charge is 0.223 e. The molecule has 2 aromatic carbocycles. The molecule has 0 radical (unpaired) electrons. The number of methoxy groups -OCH3 is 1. The van der Waals surface area contributed by atoms with Gasteiger partial charge in [-0.25, -0.2) is 0 Å². The van der Waals surface area contributed by atoms with Crippen LogP contribution in [0.3, 0.4) is 0 Å². The summed E-state index contributed by atoms with van der Waals surface area (Å²) in [5.41, 5.74) is 1.13. The Labute approximate surface area is 167 Å². The molecule has 0 aromatic heterocycles. The molecule has 5 nitrogen and oxygen atoms in total. The van der Waals surface area contributed by atoms with Crippen LogP contribution >= 0.6 is 0 Å². The normalized spacial score (nSPS) is 15.6. The standard InChI is InChI=1S/C23H30N2O3/c1-27-22-13-7-6-12-20(22)21(25-15-8-3-9-16-25)18-24-23(26)14-17-28-19-10-4-2-5-11-19/h2,4-7,10-13,21H,3,8-9,14-18H2,1H3,(H,24,26). The van der Waals surface area contributed by atoms with Crippen molar-refractivity contribution in [2.75, 3.05) is 33.4 Å². The molecular weight excluding hydrogens is 352 g/mol. The number of carbonyl (C=O) groups is 1. The molecular formula is C23H30N2O3. The van der Waals surface area contributed by atoms with E-state index in [9.17, 15) is 4.79 Å². The SMILES string of the molecule is COc1ccccc1C(CNC(=O)CCOc1ccccc1)N1CCCCC1. The molecule has 5 heteroatoms. The van der Waals surface area contributed by atoms with E-state index in [4.69, 9.17) is 9.47 Å². The van der Waals surface area contributed by atoms with Crippen LogP contribution in [0.2, 0.25) is 0 Å². The van der Waals surface area contributed by atoms with Crippen LogP contribution < -0.4 is 14.8 Å². The van der Waals surface area contributed by atoms with Gasteiger partial charge in [0.25, 0.3) is 0 Å². The lowest BCUT2D eigenvalue weighted by atomic mass is 10.0. The summed E-state index contributed by atoms with van der Waals surface area (Å²) in [6.45, 7) is 3.05. The number of carbonyl (C=O) groups excluding carboxylic acids is 1. The van der Waals surface area contributed by atoms with Gasteiger partial charge in [-0.15, -0.1) is 0 Å². The van der Waals surface area contributed by atoms with Gasteiger partial charge in [-0.2, -0.15) is 0 Å². The maximum Gasteiger partial charge on any atom is 0.223 e. The van der Waals surface area contributed by atoms with Gasteiger partial charge in [0.2, 0.25) is 5.91 Å². The Balaban J connectivity index is 1.57. The maximum absolute atomic E-state index is 12.4. The van der Waals surface area contributed by atoms with Crippen LogP contribution in [0, 0.1) is 0 Å². The number of hydrogen-bond donors (Lipinski definition) is 1. The highest BCUT2D eigenvalue weighted by Gasteiger charge is 2.25. The number of piperidine rings is 1. The quantitative estimate of drug-likeness (QED) is 0.717. The monoisotopic (exact) mass is 382 g/mol. The summed E-state index contributed by atoms with van der Waals surface area (Å²) in [5, 5.41) is 3.10. The predicted molar refractivity (Wildman–Crippen MR) is 111 cm³/mol. The summed E-state index contributed by atoms with van der Waals surface area (Å²) >= 11 is 0. The second-order valence-electron chi connectivity index (χ2n) is 7.07. The van der Waals surface area contributed by atoms with Crippen LogP contribution in [0.1, 0.15) is 37.3 Å². The highest BCUT2D eigenvalue weighted by molar-refractivity contribution is 5.76. The summed E-state index contributed by atoms with van der Waals surface area (Å²) < 4.78 is 11.2. The van der Waals surface area contributed by atoms with Gasteiger partial charge in [0.1, 0.15) is 11.5 Å². The van der Waals surface area contributed by atoms with Gasteiger partial charge in [-0.3, -0.25) is 9.69 Å². The Kier molecular flexibility index (Phi) is 7.73. The molecule has 1 saturated heterocycles. The molecule has 2 aromatic rings. The molecule has 1 aliphatic rings. The topological polar surface area (TPSA) is 50.8 Å². The summed E-state index contributed by atoms with van der Waals surface area (Å²) in [4.78, 5) is 14.8. The Morgan fingerprint density at radius 1 is 1.04 bits per heavy atom. The minimum absolute atomic E-state index is 0.00726. The highest BCUT2D eigenvalue weighted by atomic mass is 16.5. The van der Waals surface area contributed by atoms with E-state index < -0.39 is 0 Å². The second-order valence-corrected chi connectivity index (χ2v) is 7.07. The predicted octanol–water partition coefficient (Wildman–Crippen LogP) is 3.81. The van der Waals surface area contributed by atoms with Crippen LogP contribution in [-0.4, -0.2) is 44.2 Å². The van der Waals surface area contributed by atoms with E-state index in [0.717, 1.165) is 30.2 Å². The van der Waals surface area contributed by atoms with Gasteiger partial charge in [0, 0.05) is 12.1 Å². The zero-order valence-electron chi connectivity index (χ0n) is 16.6. The van der Waals surface area contributed by atoms with Crippen molar-refractivity contribution in [2.45, 2.75) is 31.7 Å². The molecule has 1 amide bonds. The molecule has 1 heterocycles. The molecule has 1 fully saturated rings. The Bertz CT molecular complexity index is 730. The number of nitrogens with zero attached hydrogens (tertiary/aromatic N) is 1. The number of benzene rings is 2. The molecule has 0 aliphatic carbocycles. The number of para-hydroxylation sites is 2. The van der Waals surface area contributed by atoms with E-state index in [-0.39, 0.29) is 11.9 Å². The van der Waals surface area contributed by atoms with Crippen molar-refractivity contribution in [1.82, 2.24) is 10.2 Å². The van der Waals surface area contributed by atoms with E-state index in [1.54, 1.807) is 7.11 Å². The molecule has 0 bridgehead atoms. The first-order valence-corrected chi connectivity index (χ1v) is 10.1. The number of hydrogen-bond acceptors (Lipinski definition) is 4. The molecule has 28 heavy (non-hydrogen) atoms. The third-order valence-corrected chi connectivity index (χ3v) is 5.16. The van der Waals surface area contributed by atoms with Crippen LogP contribution in [0.4, 0.5) is 0 Å². The van der Waals surface area contributed by atoms with E-state index in [1.165, 1.54) is 19.3 Å². The van der Waals surface area contributed by atoms with Gasteiger partial charge in [-0.1, -0.05) is 42.8 Å². The van der Waals surface area contributed by atoms with Gasteiger partial charge in [-0.05, 0) is 44.1 Å². The van der Waals surface area contributed by atoms with E-state index in [2.05, 4.69) is 16.3 Å². The molecule has 3 rings (SSSR count). The van der Waals surface area contributed by atoms with E-state index in [1.807, 2.05) is 48.5 Å². The Hall–Kier alpha value is -2.53. The average molecular weight is 383 g/mol. The minimum Gasteiger partial charge on any atom is -0.496 e. The zero-order chi connectivity index (χ0) is 19.6. The fraction of sp³-hybridized carbons (Fsp3) is 0.435. The van der Waals surface area contributed by atoms with Crippen molar-refractivity contribution in [2.24, 2.45) is 0 Å². The number of nitrogens with one attached hydrogen (secondary N) is 1.